The summed E-state index contributed by atoms with van der Waals surface area (Å²) in [5.41, 5.74) is 8.26. The Morgan fingerprint density at radius 3 is 2.76 bits per heavy atom. The zero-order valence-electron chi connectivity index (χ0n) is 14.6. The van der Waals surface area contributed by atoms with E-state index in [-0.39, 0.29) is 17.4 Å². The van der Waals surface area contributed by atoms with Gasteiger partial charge >= 0.3 is 0 Å². The maximum absolute atomic E-state index is 12.3. The van der Waals surface area contributed by atoms with Gasteiger partial charge in [0.15, 0.2) is 11.5 Å². The first-order valence-electron chi connectivity index (χ1n) is 8.80. The summed E-state index contributed by atoms with van der Waals surface area (Å²) in [6.07, 6.45) is 6.77. The summed E-state index contributed by atoms with van der Waals surface area (Å²) in [6.45, 7) is 4.80. The van der Waals surface area contributed by atoms with Crippen LogP contribution < -0.4 is 11.1 Å². The van der Waals surface area contributed by atoms with Crippen molar-refractivity contribution in [2.75, 3.05) is 12.3 Å². The molecule has 1 atom stereocenters. The summed E-state index contributed by atoms with van der Waals surface area (Å²) in [5.74, 6) is -0.151. The highest BCUT2D eigenvalue weighted by Crippen LogP contribution is 2.20. The largest absolute Gasteiger partial charge is 0.382 e. The summed E-state index contributed by atoms with van der Waals surface area (Å²) < 4.78 is 0. The Kier molecular flexibility index (Phi) is 5.60. The number of carbonyl (C=O) groups is 1. The average molecular weight is 339 g/mol. The lowest BCUT2D eigenvalue weighted by molar-refractivity contribution is 0.0946. The number of nitrogens with one attached hydrogen (secondary N) is 1. The van der Waals surface area contributed by atoms with E-state index in [4.69, 9.17) is 5.73 Å². The van der Waals surface area contributed by atoms with Gasteiger partial charge in [0.2, 0.25) is 0 Å². The topological polar surface area (TPSA) is 84.1 Å². The molecule has 2 heterocycles. The predicted octanol–water partition coefficient (Wildman–Crippen LogP) is 2.36. The molecular formula is C19H25N5O. The number of anilines is 1. The standard InChI is InChI=1S/C19H25N5O/c1-14-6-4-5-11-24(14)13-16-8-3-2-7-15(16)12-23-19(25)17-18(20)22-10-9-21-17/h2-3,7-10,14H,4-6,11-13H2,1H3,(H2,20,22)(H,23,25). The van der Waals surface area contributed by atoms with Crippen LogP contribution in [0.25, 0.3) is 0 Å². The number of aromatic nitrogens is 2. The number of nitrogens with two attached hydrogens (primary N) is 1. The smallest absolute Gasteiger partial charge is 0.273 e. The van der Waals surface area contributed by atoms with Gasteiger partial charge < -0.3 is 11.1 Å². The highest BCUT2D eigenvalue weighted by Gasteiger charge is 2.19. The van der Waals surface area contributed by atoms with Gasteiger partial charge in [0.05, 0.1) is 0 Å². The molecule has 2 aromatic rings. The van der Waals surface area contributed by atoms with E-state index in [1.807, 2.05) is 6.07 Å². The highest BCUT2D eigenvalue weighted by molar-refractivity contribution is 5.96. The molecule has 132 valence electrons. The number of nitrogen functional groups attached to an aromatic ring is 1. The van der Waals surface area contributed by atoms with Crippen LogP contribution in [-0.4, -0.2) is 33.4 Å². The number of hydrogen-bond acceptors (Lipinski definition) is 5. The van der Waals surface area contributed by atoms with Gasteiger partial charge in [-0.05, 0) is 37.4 Å². The van der Waals surface area contributed by atoms with E-state index in [1.54, 1.807) is 0 Å². The van der Waals surface area contributed by atoms with Gasteiger partial charge in [-0.15, -0.1) is 0 Å². The lowest BCUT2D eigenvalue weighted by Gasteiger charge is -2.33. The number of likely N-dealkylation sites (tertiary alicyclic amines) is 1. The Hall–Kier alpha value is -2.47. The van der Waals surface area contributed by atoms with Crippen LogP contribution in [-0.2, 0) is 13.1 Å². The fourth-order valence-electron chi connectivity index (χ4n) is 3.28. The number of rotatable bonds is 5. The van der Waals surface area contributed by atoms with Crippen molar-refractivity contribution in [2.24, 2.45) is 0 Å². The summed E-state index contributed by atoms with van der Waals surface area (Å²) in [4.78, 5) is 22.7. The molecule has 1 unspecified atom stereocenters. The van der Waals surface area contributed by atoms with Crippen molar-refractivity contribution in [1.29, 1.82) is 0 Å². The Bertz CT molecular complexity index is 733. The molecule has 1 fully saturated rings. The normalized spacial score (nSPS) is 18.0. The lowest BCUT2D eigenvalue weighted by Crippen LogP contribution is -2.37. The zero-order chi connectivity index (χ0) is 17.6. The van der Waals surface area contributed by atoms with Crippen LogP contribution in [0.4, 0.5) is 5.82 Å². The Balaban J connectivity index is 1.67. The van der Waals surface area contributed by atoms with Gasteiger partial charge in [-0.2, -0.15) is 0 Å². The SMILES string of the molecule is CC1CCCCN1Cc1ccccc1CNC(=O)c1nccnc1N. The molecule has 0 radical (unpaired) electrons. The second-order valence-electron chi connectivity index (χ2n) is 6.56. The summed E-state index contributed by atoms with van der Waals surface area (Å²) in [6, 6.07) is 8.86. The number of benzene rings is 1. The van der Waals surface area contributed by atoms with Crippen molar-refractivity contribution < 1.29 is 4.79 Å². The second-order valence-corrected chi connectivity index (χ2v) is 6.56. The minimum absolute atomic E-state index is 0.149. The third-order valence-corrected chi connectivity index (χ3v) is 4.81. The predicted molar refractivity (Wildman–Crippen MR) is 97.8 cm³/mol. The van der Waals surface area contributed by atoms with Crippen molar-refractivity contribution in [2.45, 2.75) is 45.3 Å². The summed E-state index contributed by atoms with van der Waals surface area (Å²) in [7, 11) is 0. The van der Waals surface area contributed by atoms with Crippen LogP contribution >= 0.6 is 0 Å². The molecule has 3 N–H and O–H groups in total. The minimum atomic E-state index is -0.299. The fourth-order valence-corrected chi connectivity index (χ4v) is 3.28. The number of nitrogens with zero attached hydrogens (tertiary/aromatic N) is 3. The molecule has 1 amide bonds. The van der Waals surface area contributed by atoms with Crippen LogP contribution in [0.2, 0.25) is 0 Å². The van der Waals surface area contributed by atoms with E-state index >= 15 is 0 Å². The molecule has 0 saturated carbocycles. The molecule has 0 aliphatic carbocycles. The monoisotopic (exact) mass is 339 g/mol. The zero-order valence-corrected chi connectivity index (χ0v) is 14.6. The van der Waals surface area contributed by atoms with Crippen LogP contribution in [0.3, 0.4) is 0 Å². The molecule has 0 bridgehead atoms. The third-order valence-electron chi connectivity index (χ3n) is 4.81. The van der Waals surface area contributed by atoms with Gasteiger partial charge in [-0.1, -0.05) is 30.7 Å². The Labute approximate surface area is 148 Å². The molecule has 0 spiro atoms. The number of hydrogen-bond donors (Lipinski definition) is 2. The van der Waals surface area contributed by atoms with Gasteiger partial charge in [0.1, 0.15) is 0 Å². The van der Waals surface area contributed by atoms with Crippen molar-refractivity contribution in [3.63, 3.8) is 0 Å². The second kappa shape index (κ2) is 8.07. The van der Waals surface area contributed by atoms with Crippen molar-refractivity contribution in [3.05, 3.63) is 53.5 Å². The van der Waals surface area contributed by atoms with Crippen molar-refractivity contribution in [3.8, 4) is 0 Å². The average Bonchev–Trinajstić information content (AvgIpc) is 2.63. The molecule has 6 nitrogen and oxygen atoms in total. The van der Waals surface area contributed by atoms with Crippen LogP contribution in [0.1, 0.15) is 47.8 Å². The molecule has 1 aromatic heterocycles. The molecule has 3 rings (SSSR count). The van der Waals surface area contributed by atoms with E-state index in [0.717, 1.165) is 18.7 Å². The molecule has 25 heavy (non-hydrogen) atoms. The minimum Gasteiger partial charge on any atom is -0.382 e. The van der Waals surface area contributed by atoms with Crippen LogP contribution in [0, 0.1) is 0 Å². The van der Waals surface area contributed by atoms with E-state index in [9.17, 15) is 4.79 Å². The van der Waals surface area contributed by atoms with E-state index in [1.165, 1.54) is 37.2 Å². The van der Waals surface area contributed by atoms with Gasteiger partial charge in [0, 0.05) is 31.5 Å². The van der Waals surface area contributed by atoms with E-state index in [2.05, 4.69) is 45.3 Å². The highest BCUT2D eigenvalue weighted by atomic mass is 16.1. The van der Waals surface area contributed by atoms with Gasteiger partial charge in [0.25, 0.3) is 5.91 Å². The first kappa shape index (κ1) is 17.4. The van der Waals surface area contributed by atoms with Crippen molar-refractivity contribution >= 4 is 11.7 Å². The van der Waals surface area contributed by atoms with Gasteiger partial charge in [-0.25, -0.2) is 9.97 Å². The molecule has 1 aliphatic heterocycles. The Morgan fingerprint density at radius 2 is 2.00 bits per heavy atom. The molecule has 1 aliphatic rings. The number of piperidine rings is 1. The maximum Gasteiger partial charge on any atom is 0.273 e. The number of amides is 1. The quantitative estimate of drug-likeness (QED) is 0.873. The summed E-state index contributed by atoms with van der Waals surface area (Å²) in [5, 5.41) is 2.90. The first-order valence-corrected chi connectivity index (χ1v) is 8.80. The summed E-state index contributed by atoms with van der Waals surface area (Å²) >= 11 is 0. The van der Waals surface area contributed by atoms with E-state index < -0.39 is 0 Å². The third kappa shape index (κ3) is 4.33. The van der Waals surface area contributed by atoms with Crippen LogP contribution in [0.15, 0.2) is 36.7 Å². The molecular weight excluding hydrogens is 314 g/mol. The van der Waals surface area contributed by atoms with E-state index in [0.29, 0.717) is 12.6 Å². The lowest BCUT2D eigenvalue weighted by atomic mass is 10.0. The van der Waals surface area contributed by atoms with Crippen molar-refractivity contribution in [1.82, 2.24) is 20.2 Å². The molecule has 1 aromatic carbocycles. The first-order chi connectivity index (χ1) is 12.1. The van der Waals surface area contributed by atoms with Gasteiger partial charge in [-0.3, -0.25) is 9.69 Å². The Morgan fingerprint density at radius 1 is 1.24 bits per heavy atom. The molecule has 1 saturated heterocycles. The van der Waals surface area contributed by atoms with Crippen LogP contribution in [0.5, 0.6) is 0 Å². The number of carbonyl (C=O) groups excluding carboxylic acids is 1. The fraction of sp³-hybridized carbons (Fsp3) is 0.421. The molecule has 6 heteroatoms. The maximum atomic E-state index is 12.3.